The summed E-state index contributed by atoms with van der Waals surface area (Å²) >= 11 is 0. The minimum atomic E-state index is -0.698. The Hall–Kier alpha value is -1.51. The van der Waals surface area contributed by atoms with Crippen LogP contribution in [0.3, 0.4) is 0 Å². The number of nitrogens with two attached hydrogens (primary N) is 1. The predicted octanol–water partition coefficient (Wildman–Crippen LogP) is 4.36. The van der Waals surface area contributed by atoms with Gasteiger partial charge in [0.1, 0.15) is 0 Å². The minimum Gasteiger partial charge on any atom is -0.449 e. The van der Waals surface area contributed by atoms with Crippen LogP contribution in [0.15, 0.2) is 36.5 Å². The van der Waals surface area contributed by atoms with Gasteiger partial charge in [-0.3, -0.25) is 0 Å². The van der Waals surface area contributed by atoms with Gasteiger partial charge in [-0.1, -0.05) is 69.1 Å². The Morgan fingerprint density at radius 3 is 2.53 bits per heavy atom. The number of allylic oxidation sites excluding steroid dienone is 5. The lowest BCUT2D eigenvalue weighted by Crippen LogP contribution is -2.18. The Labute approximate surface area is 117 Å². The van der Waals surface area contributed by atoms with Crippen LogP contribution in [0.4, 0.5) is 4.79 Å². The molecule has 0 aromatic carbocycles. The number of carbonyl (C=O) groups excluding carboxylic acids is 1. The molecule has 0 aliphatic heterocycles. The molecular weight excluding hydrogens is 238 g/mol. The minimum absolute atomic E-state index is 0.250. The van der Waals surface area contributed by atoms with Crippen LogP contribution in [-0.2, 0) is 4.74 Å². The van der Waals surface area contributed by atoms with Crippen molar-refractivity contribution in [2.45, 2.75) is 46.0 Å². The third kappa shape index (κ3) is 12.7. The third-order valence-electron chi connectivity index (χ3n) is 2.78. The molecule has 19 heavy (non-hydrogen) atoms. The second kappa shape index (κ2) is 12.9. The molecule has 0 aromatic heterocycles. The topological polar surface area (TPSA) is 52.3 Å². The van der Waals surface area contributed by atoms with Gasteiger partial charge in [-0.25, -0.2) is 4.79 Å². The van der Waals surface area contributed by atoms with Crippen molar-refractivity contribution >= 4 is 6.09 Å². The van der Waals surface area contributed by atoms with E-state index in [-0.39, 0.29) is 5.92 Å². The molecule has 0 saturated heterocycles. The van der Waals surface area contributed by atoms with Crippen LogP contribution in [0.25, 0.3) is 0 Å². The molecule has 1 unspecified atom stereocenters. The largest absolute Gasteiger partial charge is 0.449 e. The number of amides is 1. The van der Waals surface area contributed by atoms with Crippen molar-refractivity contribution in [1.29, 1.82) is 0 Å². The smallest absolute Gasteiger partial charge is 0.404 e. The average Bonchev–Trinajstić information content (AvgIpc) is 2.39. The van der Waals surface area contributed by atoms with Gasteiger partial charge in [-0.2, -0.15) is 0 Å². The Bertz CT molecular complexity index is 306. The van der Waals surface area contributed by atoms with Gasteiger partial charge >= 0.3 is 6.09 Å². The summed E-state index contributed by atoms with van der Waals surface area (Å²) in [6, 6.07) is 0. The van der Waals surface area contributed by atoms with Crippen molar-refractivity contribution < 1.29 is 9.53 Å². The second-order valence-corrected chi connectivity index (χ2v) is 4.54. The van der Waals surface area contributed by atoms with Gasteiger partial charge in [0.15, 0.2) is 0 Å². The predicted molar refractivity (Wildman–Crippen MR) is 80.9 cm³/mol. The van der Waals surface area contributed by atoms with Gasteiger partial charge < -0.3 is 10.5 Å². The van der Waals surface area contributed by atoms with E-state index in [1.54, 1.807) is 0 Å². The highest BCUT2D eigenvalue weighted by molar-refractivity contribution is 5.64. The van der Waals surface area contributed by atoms with Crippen LogP contribution in [0.2, 0.25) is 0 Å². The molecule has 0 heterocycles. The lowest BCUT2D eigenvalue weighted by Gasteiger charge is -2.11. The molecule has 0 fully saturated rings. The van der Waals surface area contributed by atoms with E-state index in [1.807, 2.05) is 37.3 Å². The van der Waals surface area contributed by atoms with Crippen LogP contribution in [0.5, 0.6) is 0 Å². The maximum atomic E-state index is 10.6. The zero-order valence-corrected chi connectivity index (χ0v) is 12.2. The average molecular weight is 265 g/mol. The number of carbonyl (C=O) groups is 1. The van der Waals surface area contributed by atoms with E-state index in [2.05, 4.69) is 13.0 Å². The summed E-state index contributed by atoms with van der Waals surface area (Å²) in [5, 5.41) is 0. The van der Waals surface area contributed by atoms with Crippen molar-refractivity contribution in [3.05, 3.63) is 36.5 Å². The molecule has 1 atom stereocenters. The van der Waals surface area contributed by atoms with Gasteiger partial charge in [-0.15, -0.1) is 0 Å². The van der Waals surface area contributed by atoms with Crippen molar-refractivity contribution in [1.82, 2.24) is 0 Å². The molecule has 0 aliphatic carbocycles. The normalized spacial score (nSPS) is 13.6. The highest BCUT2D eigenvalue weighted by atomic mass is 16.5. The summed E-state index contributed by atoms with van der Waals surface area (Å²) in [6.07, 6.45) is 17.2. The zero-order chi connectivity index (χ0) is 14.3. The molecule has 0 radical (unpaired) electrons. The fraction of sp³-hybridized carbons (Fsp3) is 0.562. The summed E-state index contributed by atoms with van der Waals surface area (Å²) in [4.78, 5) is 10.6. The zero-order valence-electron chi connectivity index (χ0n) is 12.2. The standard InChI is InChI=1S/C16H27NO2/c1-3-5-7-9-11-13-15(14-19-16(17)18)12-10-8-6-4-2/h3,5,7,9,11,13,15H,4,6,8,10,12,14H2,1-2H3,(H2,17,18)/b5-3+,9-7+,13-11+. The van der Waals surface area contributed by atoms with Crippen LogP contribution < -0.4 is 5.73 Å². The summed E-state index contributed by atoms with van der Waals surface area (Å²) in [6.45, 7) is 4.54. The van der Waals surface area contributed by atoms with Gasteiger partial charge in [0.05, 0.1) is 6.61 Å². The first kappa shape index (κ1) is 17.5. The summed E-state index contributed by atoms with van der Waals surface area (Å²) in [5.74, 6) is 0.250. The van der Waals surface area contributed by atoms with E-state index in [0.717, 1.165) is 12.8 Å². The number of rotatable bonds is 10. The molecule has 3 heteroatoms. The van der Waals surface area contributed by atoms with Crippen LogP contribution in [0.1, 0.15) is 46.0 Å². The molecule has 0 rings (SSSR count). The van der Waals surface area contributed by atoms with E-state index in [1.165, 1.54) is 19.3 Å². The summed E-state index contributed by atoms with van der Waals surface area (Å²) < 4.78 is 4.89. The Balaban J connectivity index is 4.11. The first-order valence-electron chi connectivity index (χ1n) is 7.09. The lowest BCUT2D eigenvalue weighted by atomic mass is 10.0. The molecule has 0 saturated carbocycles. The van der Waals surface area contributed by atoms with Crippen LogP contribution >= 0.6 is 0 Å². The second-order valence-electron chi connectivity index (χ2n) is 4.54. The van der Waals surface area contributed by atoms with Crippen molar-refractivity contribution in [3.8, 4) is 0 Å². The third-order valence-corrected chi connectivity index (χ3v) is 2.78. The fourth-order valence-corrected chi connectivity index (χ4v) is 1.72. The Morgan fingerprint density at radius 1 is 1.16 bits per heavy atom. The molecule has 0 aliphatic rings. The maximum Gasteiger partial charge on any atom is 0.404 e. The molecule has 108 valence electrons. The van der Waals surface area contributed by atoms with Gasteiger partial charge in [-0.05, 0) is 13.3 Å². The molecule has 0 spiro atoms. The van der Waals surface area contributed by atoms with E-state index in [9.17, 15) is 4.79 Å². The van der Waals surface area contributed by atoms with Crippen molar-refractivity contribution in [2.24, 2.45) is 11.7 Å². The lowest BCUT2D eigenvalue weighted by molar-refractivity contribution is 0.142. The number of primary amides is 1. The molecule has 0 bridgehead atoms. The quantitative estimate of drug-likeness (QED) is 0.471. The van der Waals surface area contributed by atoms with Gasteiger partial charge in [0.25, 0.3) is 0 Å². The molecule has 2 N–H and O–H groups in total. The SMILES string of the molecule is C/C=C/C=C/C=C/C(CCCCCC)COC(N)=O. The Morgan fingerprint density at radius 2 is 1.89 bits per heavy atom. The van der Waals surface area contributed by atoms with Gasteiger partial charge in [0.2, 0.25) is 0 Å². The number of hydrogen-bond acceptors (Lipinski definition) is 2. The first-order valence-corrected chi connectivity index (χ1v) is 7.09. The number of ether oxygens (including phenoxy) is 1. The van der Waals surface area contributed by atoms with Gasteiger partial charge in [0, 0.05) is 5.92 Å². The van der Waals surface area contributed by atoms with E-state index < -0.39 is 6.09 Å². The number of hydrogen-bond donors (Lipinski definition) is 1. The Kier molecular flexibility index (Phi) is 11.9. The van der Waals surface area contributed by atoms with E-state index in [0.29, 0.717) is 6.61 Å². The molecular formula is C16H27NO2. The highest BCUT2D eigenvalue weighted by Gasteiger charge is 2.06. The van der Waals surface area contributed by atoms with E-state index in [4.69, 9.17) is 10.5 Å². The highest BCUT2D eigenvalue weighted by Crippen LogP contribution is 2.13. The molecule has 3 nitrogen and oxygen atoms in total. The monoisotopic (exact) mass is 265 g/mol. The van der Waals surface area contributed by atoms with Crippen molar-refractivity contribution in [3.63, 3.8) is 0 Å². The van der Waals surface area contributed by atoms with Crippen LogP contribution in [-0.4, -0.2) is 12.7 Å². The maximum absolute atomic E-state index is 10.6. The number of unbranched alkanes of at least 4 members (excludes halogenated alkanes) is 3. The molecule has 0 aromatic rings. The van der Waals surface area contributed by atoms with E-state index >= 15 is 0 Å². The van der Waals surface area contributed by atoms with Crippen molar-refractivity contribution in [2.75, 3.05) is 6.61 Å². The summed E-state index contributed by atoms with van der Waals surface area (Å²) in [5.41, 5.74) is 5.00. The fourth-order valence-electron chi connectivity index (χ4n) is 1.72. The first-order chi connectivity index (χ1) is 9.20. The van der Waals surface area contributed by atoms with Crippen LogP contribution in [0, 0.1) is 5.92 Å². The molecule has 1 amide bonds. The summed E-state index contributed by atoms with van der Waals surface area (Å²) in [7, 11) is 0.